The molecule has 0 aliphatic carbocycles. The van der Waals surface area contributed by atoms with Gasteiger partial charge in [0.25, 0.3) is 0 Å². The van der Waals surface area contributed by atoms with E-state index in [9.17, 15) is 0 Å². The summed E-state index contributed by atoms with van der Waals surface area (Å²) in [4.78, 5) is 12.0. The van der Waals surface area contributed by atoms with E-state index in [1.807, 2.05) is 7.05 Å². The van der Waals surface area contributed by atoms with Crippen LogP contribution in [0.25, 0.3) is 0 Å². The fourth-order valence-electron chi connectivity index (χ4n) is 4.21. The second kappa shape index (κ2) is 14.2. The molecule has 0 atom stereocenters. The summed E-state index contributed by atoms with van der Waals surface area (Å²) < 4.78 is 0. The lowest BCUT2D eigenvalue weighted by Crippen LogP contribution is -2.49. The van der Waals surface area contributed by atoms with E-state index < -0.39 is 0 Å². The molecule has 2 heterocycles. The summed E-state index contributed by atoms with van der Waals surface area (Å²) in [5.41, 5.74) is 2.72. The molecular weight excluding hydrogens is 487 g/mol. The molecule has 2 fully saturated rings. The van der Waals surface area contributed by atoms with Crippen LogP contribution in [0, 0.1) is 0 Å². The fourth-order valence-corrected chi connectivity index (χ4v) is 4.21. The Hall–Kier alpha value is -0.900. The van der Waals surface area contributed by atoms with Gasteiger partial charge in [-0.15, -0.1) is 24.0 Å². The summed E-state index contributed by atoms with van der Waals surface area (Å²) in [5, 5.41) is 6.90. The van der Waals surface area contributed by atoms with Crippen molar-refractivity contribution >= 4 is 29.9 Å². The first-order chi connectivity index (χ1) is 14.3. The quantitative estimate of drug-likeness (QED) is 0.309. The number of guanidine groups is 1. The van der Waals surface area contributed by atoms with Gasteiger partial charge in [0.15, 0.2) is 5.96 Å². The highest BCUT2D eigenvalue weighted by Crippen LogP contribution is 2.13. The number of nitrogens with zero attached hydrogens (tertiary/aromatic N) is 4. The van der Waals surface area contributed by atoms with Crippen LogP contribution in [0.3, 0.4) is 0 Å². The van der Waals surface area contributed by atoms with Crippen LogP contribution in [0.2, 0.25) is 0 Å². The maximum atomic E-state index is 4.37. The summed E-state index contributed by atoms with van der Waals surface area (Å²) >= 11 is 0. The second-order valence-corrected chi connectivity index (χ2v) is 8.28. The Labute approximate surface area is 200 Å². The average Bonchev–Trinajstić information content (AvgIpc) is 2.78. The Morgan fingerprint density at radius 1 is 0.833 bits per heavy atom. The molecule has 7 heteroatoms. The zero-order valence-corrected chi connectivity index (χ0v) is 21.2. The van der Waals surface area contributed by atoms with E-state index in [2.05, 4.69) is 61.5 Å². The molecule has 3 rings (SSSR count). The number of hydrogen-bond donors (Lipinski definition) is 2. The minimum absolute atomic E-state index is 0. The van der Waals surface area contributed by atoms with E-state index in [1.54, 1.807) is 0 Å². The molecule has 6 nitrogen and oxygen atoms in total. The van der Waals surface area contributed by atoms with Crippen molar-refractivity contribution in [3.05, 3.63) is 35.4 Å². The van der Waals surface area contributed by atoms with E-state index in [4.69, 9.17) is 0 Å². The van der Waals surface area contributed by atoms with Crippen LogP contribution in [-0.4, -0.2) is 86.6 Å². The van der Waals surface area contributed by atoms with Gasteiger partial charge in [0, 0.05) is 59.4 Å². The predicted octanol–water partition coefficient (Wildman–Crippen LogP) is 2.59. The number of likely N-dealkylation sites (N-methyl/N-ethyl adjacent to an activating group) is 1. The Bertz CT molecular complexity index is 607. The van der Waals surface area contributed by atoms with Crippen molar-refractivity contribution in [1.82, 2.24) is 25.3 Å². The largest absolute Gasteiger partial charge is 0.355 e. The zero-order chi connectivity index (χ0) is 20.3. The zero-order valence-electron chi connectivity index (χ0n) is 18.9. The van der Waals surface area contributed by atoms with E-state index in [0.717, 1.165) is 32.1 Å². The lowest BCUT2D eigenvalue weighted by molar-refractivity contribution is 0.139. The number of likely N-dealkylation sites (tertiary alicyclic amines) is 1. The number of hydrogen-bond acceptors (Lipinski definition) is 4. The van der Waals surface area contributed by atoms with Crippen LogP contribution >= 0.6 is 24.0 Å². The third-order valence-corrected chi connectivity index (χ3v) is 6.19. The molecule has 0 amide bonds. The first-order valence-electron chi connectivity index (χ1n) is 11.5. The molecule has 1 aromatic carbocycles. The monoisotopic (exact) mass is 528 g/mol. The summed E-state index contributed by atoms with van der Waals surface area (Å²) in [7, 11) is 1.84. The van der Waals surface area contributed by atoms with Crippen molar-refractivity contribution in [2.24, 2.45) is 4.99 Å². The van der Waals surface area contributed by atoms with Gasteiger partial charge in [0.2, 0.25) is 0 Å². The molecule has 2 saturated heterocycles. The van der Waals surface area contributed by atoms with Crippen molar-refractivity contribution in [3.8, 4) is 0 Å². The minimum Gasteiger partial charge on any atom is -0.355 e. The molecule has 170 valence electrons. The highest BCUT2D eigenvalue weighted by Gasteiger charge is 2.14. The van der Waals surface area contributed by atoms with Crippen LogP contribution in [-0.2, 0) is 13.1 Å². The summed E-state index contributed by atoms with van der Waals surface area (Å²) in [5.74, 6) is 0.884. The van der Waals surface area contributed by atoms with Crippen LogP contribution in [0.4, 0.5) is 0 Å². The number of aliphatic imine (C=N–C) groups is 1. The molecule has 0 bridgehead atoms. The first kappa shape index (κ1) is 25.4. The number of piperidine rings is 1. The highest BCUT2D eigenvalue weighted by molar-refractivity contribution is 14.0. The van der Waals surface area contributed by atoms with Gasteiger partial charge < -0.3 is 15.5 Å². The van der Waals surface area contributed by atoms with E-state index in [0.29, 0.717) is 0 Å². The van der Waals surface area contributed by atoms with Crippen LogP contribution < -0.4 is 10.6 Å². The second-order valence-electron chi connectivity index (χ2n) is 8.28. The molecule has 2 aliphatic heterocycles. The Morgan fingerprint density at radius 3 is 2.10 bits per heavy atom. The first-order valence-corrected chi connectivity index (χ1v) is 11.5. The lowest BCUT2D eigenvalue weighted by atomic mass is 10.1. The predicted molar refractivity (Wildman–Crippen MR) is 138 cm³/mol. The van der Waals surface area contributed by atoms with Gasteiger partial charge in [-0.2, -0.15) is 0 Å². The summed E-state index contributed by atoms with van der Waals surface area (Å²) in [6.07, 6.45) is 4.10. The number of rotatable bonds is 8. The van der Waals surface area contributed by atoms with Crippen molar-refractivity contribution in [2.45, 2.75) is 39.3 Å². The topological polar surface area (TPSA) is 46.1 Å². The van der Waals surface area contributed by atoms with E-state index >= 15 is 0 Å². The van der Waals surface area contributed by atoms with Gasteiger partial charge in [-0.1, -0.05) is 37.6 Å². The van der Waals surface area contributed by atoms with Crippen molar-refractivity contribution in [3.63, 3.8) is 0 Å². The molecule has 2 aliphatic rings. The number of halogens is 1. The number of nitrogens with one attached hydrogen (secondary N) is 2. The maximum Gasteiger partial charge on any atom is 0.191 e. The fraction of sp³-hybridized carbons (Fsp3) is 0.696. The molecule has 0 saturated carbocycles. The third-order valence-electron chi connectivity index (χ3n) is 6.19. The van der Waals surface area contributed by atoms with Gasteiger partial charge in [-0.25, -0.2) is 0 Å². The molecule has 0 unspecified atom stereocenters. The number of benzene rings is 1. The summed E-state index contributed by atoms with van der Waals surface area (Å²) in [6.45, 7) is 14.5. The van der Waals surface area contributed by atoms with Gasteiger partial charge in [-0.05, 0) is 43.6 Å². The van der Waals surface area contributed by atoms with E-state index in [1.165, 1.54) is 76.2 Å². The van der Waals surface area contributed by atoms with Crippen LogP contribution in [0.5, 0.6) is 0 Å². The Balaban J connectivity index is 0.00000320. The van der Waals surface area contributed by atoms with Gasteiger partial charge in [0.1, 0.15) is 0 Å². The Morgan fingerprint density at radius 2 is 1.47 bits per heavy atom. The van der Waals surface area contributed by atoms with Crippen molar-refractivity contribution in [2.75, 3.05) is 66.0 Å². The normalized spacial score (nSPS) is 19.3. The van der Waals surface area contributed by atoms with Crippen molar-refractivity contribution in [1.29, 1.82) is 0 Å². The van der Waals surface area contributed by atoms with Gasteiger partial charge >= 0.3 is 0 Å². The van der Waals surface area contributed by atoms with Gasteiger partial charge in [0.05, 0.1) is 0 Å². The van der Waals surface area contributed by atoms with E-state index in [-0.39, 0.29) is 24.0 Å². The summed E-state index contributed by atoms with van der Waals surface area (Å²) in [6, 6.07) is 9.04. The highest BCUT2D eigenvalue weighted by atomic mass is 127. The Kier molecular flexibility index (Phi) is 12.0. The number of piperazine rings is 1. The molecule has 2 N–H and O–H groups in total. The molecule has 1 aromatic rings. The maximum absolute atomic E-state index is 4.37. The molecule has 0 aromatic heterocycles. The average molecular weight is 529 g/mol. The standard InChI is InChI=1S/C23H40N6.HI/c1-3-27-15-17-28(18-16-27)14-11-25-23(24-2)26-19-21-7-9-22(10-8-21)20-29-12-5-4-6-13-29;/h7-10H,3-6,11-20H2,1-2H3,(H2,24,25,26);1H. The third kappa shape index (κ3) is 8.69. The van der Waals surface area contributed by atoms with Crippen LogP contribution in [0.1, 0.15) is 37.3 Å². The SMILES string of the molecule is CCN1CCN(CCNC(=NC)NCc2ccc(CN3CCCCC3)cc2)CC1.I. The molecular formula is C23H41IN6. The van der Waals surface area contributed by atoms with Gasteiger partial charge in [-0.3, -0.25) is 14.8 Å². The lowest BCUT2D eigenvalue weighted by Gasteiger charge is -2.34. The minimum atomic E-state index is 0. The van der Waals surface area contributed by atoms with Crippen LogP contribution in [0.15, 0.2) is 29.3 Å². The molecule has 0 radical (unpaired) electrons. The molecule has 0 spiro atoms. The smallest absolute Gasteiger partial charge is 0.191 e. The molecule has 30 heavy (non-hydrogen) atoms. The van der Waals surface area contributed by atoms with Crippen molar-refractivity contribution < 1.29 is 0 Å².